The second-order valence-electron chi connectivity index (χ2n) is 10.6. The number of piperidine rings is 2. The van der Waals surface area contributed by atoms with Crippen molar-refractivity contribution in [3.63, 3.8) is 0 Å². The molecule has 7 nitrogen and oxygen atoms in total. The van der Waals surface area contributed by atoms with E-state index in [9.17, 15) is 9.59 Å². The van der Waals surface area contributed by atoms with Crippen LogP contribution in [0.25, 0.3) is 0 Å². The third kappa shape index (κ3) is 5.89. The molecule has 36 heavy (non-hydrogen) atoms. The summed E-state index contributed by atoms with van der Waals surface area (Å²) in [4.78, 5) is 36.4. The van der Waals surface area contributed by atoms with Crippen molar-refractivity contribution in [2.24, 2.45) is 5.92 Å². The lowest BCUT2D eigenvalue weighted by Crippen LogP contribution is -2.52. The van der Waals surface area contributed by atoms with Gasteiger partial charge in [-0.2, -0.15) is 0 Å². The third-order valence-electron chi connectivity index (χ3n) is 8.16. The van der Waals surface area contributed by atoms with E-state index in [1.54, 1.807) is 6.20 Å². The van der Waals surface area contributed by atoms with Crippen molar-refractivity contribution in [1.82, 2.24) is 14.8 Å². The fourth-order valence-corrected chi connectivity index (χ4v) is 5.79. The van der Waals surface area contributed by atoms with Gasteiger partial charge in [-0.25, -0.2) is 0 Å². The molecule has 2 amide bonds. The van der Waals surface area contributed by atoms with Crippen molar-refractivity contribution >= 4 is 23.2 Å². The molecule has 1 N–H and O–H groups in total. The van der Waals surface area contributed by atoms with Gasteiger partial charge in [0.25, 0.3) is 0 Å². The fourth-order valence-electron chi connectivity index (χ4n) is 5.79. The number of carbonyl (C=O) groups excluding carboxylic acids is 2. The van der Waals surface area contributed by atoms with E-state index in [1.165, 1.54) is 24.8 Å². The Bertz CT molecular complexity index is 1040. The molecule has 3 aliphatic rings. The summed E-state index contributed by atoms with van der Waals surface area (Å²) in [7, 11) is 0. The van der Waals surface area contributed by atoms with Crippen LogP contribution in [0.5, 0.6) is 0 Å². The van der Waals surface area contributed by atoms with Gasteiger partial charge in [0.15, 0.2) is 0 Å². The summed E-state index contributed by atoms with van der Waals surface area (Å²) in [5.74, 6) is 0.868. The van der Waals surface area contributed by atoms with Gasteiger partial charge in [-0.3, -0.25) is 14.6 Å². The minimum absolute atomic E-state index is 0.000982. The zero-order valence-electron chi connectivity index (χ0n) is 21.5. The van der Waals surface area contributed by atoms with Gasteiger partial charge in [0.1, 0.15) is 0 Å². The predicted octanol–water partition coefficient (Wildman–Crippen LogP) is 4.05. The summed E-state index contributed by atoms with van der Waals surface area (Å²) in [5, 5.41) is 3.09. The van der Waals surface area contributed by atoms with E-state index in [0.717, 1.165) is 75.7 Å². The molecule has 0 bridgehead atoms. The molecule has 4 heterocycles. The summed E-state index contributed by atoms with van der Waals surface area (Å²) in [6.45, 7) is 8.35. The predicted molar refractivity (Wildman–Crippen MR) is 143 cm³/mol. The lowest BCUT2D eigenvalue weighted by molar-refractivity contribution is -0.132. The van der Waals surface area contributed by atoms with E-state index in [0.29, 0.717) is 18.2 Å². The Morgan fingerprint density at radius 1 is 0.972 bits per heavy atom. The van der Waals surface area contributed by atoms with Crippen LogP contribution in [-0.4, -0.2) is 72.4 Å². The molecule has 3 aliphatic heterocycles. The maximum atomic E-state index is 12.7. The van der Waals surface area contributed by atoms with Crippen molar-refractivity contribution in [1.29, 1.82) is 0 Å². The number of aromatic nitrogens is 1. The van der Waals surface area contributed by atoms with Crippen molar-refractivity contribution in [2.45, 2.75) is 51.4 Å². The van der Waals surface area contributed by atoms with Crippen molar-refractivity contribution in [3.8, 4) is 0 Å². The molecule has 1 aromatic carbocycles. The summed E-state index contributed by atoms with van der Waals surface area (Å²) < 4.78 is 0. The van der Waals surface area contributed by atoms with E-state index in [2.05, 4.69) is 43.2 Å². The number of anilines is 2. The average Bonchev–Trinajstić information content (AvgIpc) is 2.89. The number of hydrogen-bond acceptors (Lipinski definition) is 5. The first kappa shape index (κ1) is 24.8. The zero-order valence-corrected chi connectivity index (χ0v) is 21.5. The highest BCUT2D eigenvalue weighted by Gasteiger charge is 2.33. The number of benzene rings is 1. The lowest BCUT2D eigenvalue weighted by atomic mass is 9.89. The summed E-state index contributed by atoms with van der Waals surface area (Å²) >= 11 is 0. The Labute approximate surface area is 214 Å². The first-order valence-electron chi connectivity index (χ1n) is 13.6. The second-order valence-corrected chi connectivity index (χ2v) is 10.6. The maximum Gasteiger partial charge on any atom is 0.231 e. The van der Waals surface area contributed by atoms with Crippen LogP contribution in [0.15, 0.2) is 42.6 Å². The van der Waals surface area contributed by atoms with Crippen LogP contribution in [0.2, 0.25) is 0 Å². The molecular formula is C29H39N5O2. The van der Waals surface area contributed by atoms with Gasteiger partial charge in [0.05, 0.1) is 17.3 Å². The Morgan fingerprint density at radius 2 is 1.69 bits per heavy atom. The fraction of sp³-hybridized carbons (Fsp3) is 0.552. The Hall–Kier alpha value is -2.93. The molecule has 0 aliphatic carbocycles. The van der Waals surface area contributed by atoms with Gasteiger partial charge in [-0.1, -0.05) is 18.6 Å². The quantitative estimate of drug-likeness (QED) is 0.636. The number of amides is 2. The van der Waals surface area contributed by atoms with E-state index < -0.39 is 0 Å². The Balaban J connectivity index is 1.04. The number of carbonyl (C=O) groups is 2. The smallest absolute Gasteiger partial charge is 0.231 e. The number of pyridine rings is 1. The number of rotatable bonds is 7. The Kier molecular flexibility index (Phi) is 7.85. The number of likely N-dealkylation sites (tertiary alicyclic amines) is 2. The first-order valence-corrected chi connectivity index (χ1v) is 13.6. The second kappa shape index (κ2) is 11.4. The monoisotopic (exact) mass is 489 g/mol. The molecule has 3 fully saturated rings. The van der Waals surface area contributed by atoms with Gasteiger partial charge >= 0.3 is 0 Å². The highest BCUT2D eigenvalue weighted by molar-refractivity contribution is 5.94. The zero-order chi connectivity index (χ0) is 24.9. The van der Waals surface area contributed by atoms with Crippen LogP contribution >= 0.6 is 0 Å². The Morgan fingerprint density at radius 3 is 2.39 bits per heavy atom. The summed E-state index contributed by atoms with van der Waals surface area (Å²) in [5.41, 5.74) is 4.26. The van der Waals surface area contributed by atoms with Crippen LogP contribution in [0.1, 0.15) is 55.7 Å². The SMILES string of the molecule is Cc1ncccc1N1CC(C(=O)Nc2ccc(C3CCN(C(=O)CCN4CCCCC4)CC3)cc2)C1. The normalized spacial score (nSPS) is 19.7. The molecule has 5 rings (SSSR count). The first-order chi connectivity index (χ1) is 17.6. The number of nitrogens with zero attached hydrogens (tertiary/aromatic N) is 4. The highest BCUT2D eigenvalue weighted by Crippen LogP contribution is 2.30. The van der Waals surface area contributed by atoms with Gasteiger partial charge in [-0.05, 0) is 81.4 Å². The van der Waals surface area contributed by atoms with E-state index in [1.807, 2.05) is 25.1 Å². The highest BCUT2D eigenvalue weighted by atomic mass is 16.2. The largest absolute Gasteiger partial charge is 0.368 e. The summed E-state index contributed by atoms with van der Waals surface area (Å²) in [6, 6.07) is 12.3. The van der Waals surface area contributed by atoms with Gasteiger partial charge in [0, 0.05) is 51.0 Å². The average molecular weight is 490 g/mol. The topological polar surface area (TPSA) is 68.8 Å². The molecule has 0 spiro atoms. The van der Waals surface area contributed by atoms with Crippen molar-refractivity contribution in [3.05, 3.63) is 53.9 Å². The molecule has 192 valence electrons. The van der Waals surface area contributed by atoms with Crippen molar-refractivity contribution in [2.75, 3.05) is 56.0 Å². The molecule has 2 aromatic rings. The maximum absolute atomic E-state index is 12.7. The molecule has 0 unspecified atom stereocenters. The lowest BCUT2D eigenvalue weighted by Gasteiger charge is -2.40. The standard InChI is InChI=1S/C29H39N5O2/c1-22-27(6-5-14-30-22)34-20-25(21-34)29(36)31-26-9-7-23(8-10-26)24-11-18-33(19-12-24)28(35)13-17-32-15-3-2-4-16-32/h5-10,14,24-25H,2-4,11-13,15-21H2,1H3,(H,31,36). The number of hydrogen-bond donors (Lipinski definition) is 1. The van der Waals surface area contributed by atoms with Crippen LogP contribution in [0.4, 0.5) is 11.4 Å². The molecule has 1 aromatic heterocycles. The van der Waals surface area contributed by atoms with Crippen LogP contribution in [0, 0.1) is 12.8 Å². The molecule has 3 saturated heterocycles. The van der Waals surface area contributed by atoms with Gasteiger partial charge < -0.3 is 20.0 Å². The molecule has 0 saturated carbocycles. The third-order valence-corrected chi connectivity index (χ3v) is 8.16. The molecule has 7 heteroatoms. The molecule has 0 atom stereocenters. The van der Waals surface area contributed by atoms with Crippen molar-refractivity contribution < 1.29 is 9.59 Å². The molecular weight excluding hydrogens is 450 g/mol. The molecule has 0 radical (unpaired) electrons. The van der Waals surface area contributed by atoms with Gasteiger partial charge in [-0.15, -0.1) is 0 Å². The van der Waals surface area contributed by atoms with E-state index in [4.69, 9.17) is 0 Å². The minimum atomic E-state index is 0.000982. The van der Waals surface area contributed by atoms with Crippen LogP contribution in [0.3, 0.4) is 0 Å². The number of aryl methyl sites for hydroxylation is 1. The van der Waals surface area contributed by atoms with E-state index >= 15 is 0 Å². The van der Waals surface area contributed by atoms with Crippen LogP contribution in [-0.2, 0) is 9.59 Å². The summed E-state index contributed by atoms with van der Waals surface area (Å²) in [6.07, 6.45) is 8.34. The van der Waals surface area contributed by atoms with E-state index in [-0.39, 0.29) is 11.8 Å². The number of nitrogens with one attached hydrogen (secondary N) is 1. The van der Waals surface area contributed by atoms with Crippen LogP contribution < -0.4 is 10.2 Å². The van der Waals surface area contributed by atoms with Gasteiger partial charge in [0.2, 0.25) is 11.8 Å². The minimum Gasteiger partial charge on any atom is -0.368 e.